The van der Waals surface area contributed by atoms with Gasteiger partial charge in [0.15, 0.2) is 0 Å². The first-order valence-corrected chi connectivity index (χ1v) is 9.84. The Kier molecular flexibility index (Phi) is 5.71. The van der Waals surface area contributed by atoms with Gasteiger partial charge in [-0.25, -0.2) is 5.48 Å². The molecule has 2 aromatic heterocycles. The molecular weight excluding hydrogens is 453 g/mol. The van der Waals surface area contributed by atoms with Crippen molar-refractivity contribution in [1.82, 2.24) is 15.0 Å². The summed E-state index contributed by atoms with van der Waals surface area (Å²) >= 11 is 0. The van der Waals surface area contributed by atoms with Gasteiger partial charge in [-0.2, -0.15) is 13.2 Å². The number of pyridine rings is 1. The third-order valence-corrected chi connectivity index (χ3v) is 5.24. The number of alkyl halides is 3. The fourth-order valence-corrected chi connectivity index (χ4v) is 3.49. The number of halogens is 3. The number of rotatable bonds is 4. The molecule has 0 bridgehead atoms. The van der Waals surface area contributed by atoms with E-state index in [1.54, 1.807) is 0 Å². The molecule has 174 valence electrons. The molecule has 4 N–H and O–H groups in total. The molecule has 4 aromatic rings. The van der Waals surface area contributed by atoms with Crippen molar-refractivity contribution in [2.24, 2.45) is 7.05 Å². The van der Waals surface area contributed by atoms with E-state index in [1.165, 1.54) is 65.8 Å². The van der Waals surface area contributed by atoms with Gasteiger partial charge in [-0.3, -0.25) is 19.6 Å². The minimum absolute atomic E-state index is 0.0589. The third-order valence-electron chi connectivity index (χ3n) is 5.24. The van der Waals surface area contributed by atoms with Crippen molar-refractivity contribution in [2.75, 3.05) is 5.32 Å². The van der Waals surface area contributed by atoms with Crippen LogP contribution in [0.2, 0.25) is 0 Å². The van der Waals surface area contributed by atoms with Gasteiger partial charge in [0.25, 0.3) is 17.4 Å². The second kappa shape index (κ2) is 8.52. The van der Waals surface area contributed by atoms with Crippen molar-refractivity contribution in [2.45, 2.75) is 6.18 Å². The highest BCUT2D eigenvalue weighted by Crippen LogP contribution is 2.33. The summed E-state index contributed by atoms with van der Waals surface area (Å²) in [4.78, 5) is 39.6. The van der Waals surface area contributed by atoms with E-state index in [0.717, 1.165) is 12.1 Å². The first-order valence-electron chi connectivity index (χ1n) is 9.84. The average molecular weight is 470 g/mol. The van der Waals surface area contributed by atoms with Crippen molar-refractivity contribution < 1.29 is 28.0 Å². The molecular formula is C23H17F3N4O4. The lowest BCUT2D eigenvalue weighted by Crippen LogP contribution is -2.18. The summed E-state index contributed by atoms with van der Waals surface area (Å²) in [6.45, 7) is 0. The van der Waals surface area contributed by atoms with Crippen LogP contribution in [0, 0.1) is 0 Å². The van der Waals surface area contributed by atoms with Crippen LogP contribution in [0.1, 0.15) is 26.4 Å². The number of aromatic amines is 1. The summed E-state index contributed by atoms with van der Waals surface area (Å²) < 4.78 is 40.0. The maximum atomic E-state index is 12.9. The van der Waals surface area contributed by atoms with Gasteiger partial charge in [-0.15, -0.1) is 0 Å². The molecule has 0 radical (unpaired) electrons. The Morgan fingerprint density at radius 2 is 1.65 bits per heavy atom. The second-order valence-electron chi connectivity index (χ2n) is 7.48. The Labute approximate surface area is 189 Å². The van der Waals surface area contributed by atoms with E-state index in [1.807, 2.05) is 0 Å². The van der Waals surface area contributed by atoms with Crippen LogP contribution in [-0.2, 0) is 13.2 Å². The number of hydroxylamine groups is 1. The number of hydrogen-bond donors (Lipinski definition) is 4. The van der Waals surface area contributed by atoms with Crippen LogP contribution in [0.3, 0.4) is 0 Å². The predicted octanol–water partition coefficient (Wildman–Crippen LogP) is 3.92. The van der Waals surface area contributed by atoms with Gasteiger partial charge >= 0.3 is 6.18 Å². The Balaban J connectivity index is 1.69. The molecule has 11 heteroatoms. The van der Waals surface area contributed by atoms with E-state index in [2.05, 4.69) is 10.3 Å². The summed E-state index contributed by atoms with van der Waals surface area (Å²) in [7, 11) is 1.50. The van der Waals surface area contributed by atoms with Crippen molar-refractivity contribution in [3.63, 3.8) is 0 Å². The number of H-pyrrole nitrogens is 1. The standard InChI is InChI=1S/C23H17F3N4O4/c1-30-11-17(12-2-6-14(7-3-12)23(24,25)26)16-10-18(28-19(16)22(30)33)21(32)27-15-8-4-13(5-9-15)20(31)29-34/h2-11,28,34H,1H3,(H,27,32)(H,29,31). The maximum absolute atomic E-state index is 12.9. The van der Waals surface area contributed by atoms with Crippen LogP contribution in [0.25, 0.3) is 22.0 Å². The number of amides is 2. The quantitative estimate of drug-likeness (QED) is 0.267. The number of nitrogens with one attached hydrogen (secondary N) is 3. The molecule has 0 aliphatic heterocycles. The fourth-order valence-electron chi connectivity index (χ4n) is 3.49. The molecule has 0 fully saturated rings. The summed E-state index contributed by atoms with van der Waals surface area (Å²) in [6.07, 6.45) is -2.98. The summed E-state index contributed by atoms with van der Waals surface area (Å²) in [5.74, 6) is -1.28. The van der Waals surface area contributed by atoms with Crippen LogP contribution in [-0.4, -0.2) is 26.6 Å². The molecule has 2 amide bonds. The Morgan fingerprint density at radius 3 is 2.24 bits per heavy atom. The lowest BCUT2D eigenvalue weighted by molar-refractivity contribution is -0.137. The fraction of sp³-hybridized carbons (Fsp3) is 0.0870. The highest BCUT2D eigenvalue weighted by Gasteiger charge is 2.30. The highest BCUT2D eigenvalue weighted by atomic mass is 19.4. The molecule has 0 aliphatic carbocycles. The first kappa shape index (κ1) is 22.8. The van der Waals surface area contributed by atoms with Gasteiger partial charge in [-0.05, 0) is 48.0 Å². The Morgan fingerprint density at radius 1 is 1.00 bits per heavy atom. The van der Waals surface area contributed by atoms with Crippen LogP contribution >= 0.6 is 0 Å². The summed E-state index contributed by atoms with van der Waals surface area (Å²) in [6, 6.07) is 11.7. The number of aromatic nitrogens is 2. The number of carbonyl (C=O) groups excluding carboxylic acids is 2. The SMILES string of the molecule is Cn1cc(-c2ccc(C(F)(F)F)cc2)c2cc(C(=O)Nc3ccc(C(=O)NO)cc3)[nH]c2c1=O. The minimum atomic E-state index is -4.48. The first-order chi connectivity index (χ1) is 16.1. The van der Waals surface area contributed by atoms with E-state index in [0.29, 0.717) is 22.2 Å². The Hall–Kier alpha value is -4.38. The zero-order chi connectivity index (χ0) is 24.6. The van der Waals surface area contributed by atoms with Gasteiger partial charge in [-0.1, -0.05) is 12.1 Å². The predicted molar refractivity (Wildman–Crippen MR) is 118 cm³/mol. The van der Waals surface area contributed by atoms with E-state index < -0.39 is 29.1 Å². The number of anilines is 1. The molecule has 0 spiro atoms. The zero-order valence-electron chi connectivity index (χ0n) is 17.5. The number of hydrogen-bond acceptors (Lipinski definition) is 4. The molecule has 2 heterocycles. The lowest BCUT2D eigenvalue weighted by atomic mass is 10.0. The van der Waals surface area contributed by atoms with E-state index in [4.69, 9.17) is 5.21 Å². The van der Waals surface area contributed by atoms with Crippen molar-refractivity contribution in [3.05, 3.63) is 88.0 Å². The van der Waals surface area contributed by atoms with Crippen LogP contribution in [0.5, 0.6) is 0 Å². The van der Waals surface area contributed by atoms with E-state index in [-0.39, 0.29) is 16.8 Å². The number of fused-ring (bicyclic) bond motifs is 1. The van der Waals surface area contributed by atoms with Crippen molar-refractivity contribution in [1.29, 1.82) is 0 Å². The summed E-state index contributed by atoms with van der Waals surface area (Å²) in [5.41, 5.74) is 1.92. The minimum Gasteiger partial charge on any atom is -0.346 e. The van der Waals surface area contributed by atoms with Gasteiger partial charge in [0, 0.05) is 35.4 Å². The zero-order valence-corrected chi connectivity index (χ0v) is 17.5. The van der Waals surface area contributed by atoms with Crippen molar-refractivity contribution >= 4 is 28.4 Å². The smallest absolute Gasteiger partial charge is 0.346 e. The molecule has 8 nitrogen and oxygen atoms in total. The third kappa shape index (κ3) is 4.28. The normalized spacial score (nSPS) is 11.4. The molecule has 0 aliphatic rings. The van der Waals surface area contributed by atoms with Gasteiger partial charge in [0.1, 0.15) is 11.2 Å². The molecule has 0 atom stereocenters. The van der Waals surface area contributed by atoms with Crippen molar-refractivity contribution in [3.8, 4) is 11.1 Å². The van der Waals surface area contributed by atoms with E-state index >= 15 is 0 Å². The van der Waals surface area contributed by atoms with Gasteiger partial charge < -0.3 is 14.9 Å². The van der Waals surface area contributed by atoms with Crippen LogP contribution in [0.15, 0.2) is 65.6 Å². The lowest BCUT2D eigenvalue weighted by Gasteiger charge is -2.09. The van der Waals surface area contributed by atoms with Crippen LogP contribution in [0.4, 0.5) is 18.9 Å². The second-order valence-corrected chi connectivity index (χ2v) is 7.48. The molecule has 0 saturated heterocycles. The molecule has 2 aromatic carbocycles. The number of nitrogens with zero attached hydrogens (tertiary/aromatic N) is 1. The molecule has 4 rings (SSSR count). The molecule has 0 saturated carbocycles. The number of carbonyl (C=O) groups is 2. The molecule has 34 heavy (non-hydrogen) atoms. The monoisotopic (exact) mass is 470 g/mol. The van der Waals surface area contributed by atoms with E-state index in [9.17, 15) is 27.6 Å². The van der Waals surface area contributed by atoms with Gasteiger partial charge in [0.2, 0.25) is 0 Å². The average Bonchev–Trinajstić information content (AvgIpc) is 3.27. The summed E-state index contributed by atoms with van der Waals surface area (Å²) in [5, 5.41) is 11.7. The topological polar surface area (TPSA) is 116 Å². The number of benzene rings is 2. The highest BCUT2D eigenvalue weighted by molar-refractivity contribution is 6.08. The Bertz CT molecular complexity index is 1450. The largest absolute Gasteiger partial charge is 0.416 e. The molecule has 0 unspecified atom stereocenters. The van der Waals surface area contributed by atoms with Gasteiger partial charge in [0.05, 0.1) is 5.56 Å². The number of aryl methyl sites for hydroxylation is 1. The van der Waals surface area contributed by atoms with Crippen LogP contribution < -0.4 is 16.4 Å². The maximum Gasteiger partial charge on any atom is 0.416 e.